The minimum atomic E-state index is 0. The molecule has 0 radical (unpaired) electrons. The van der Waals surface area contributed by atoms with Crippen molar-refractivity contribution in [3.05, 3.63) is 23.8 Å². The van der Waals surface area contributed by atoms with Gasteiger partial charge in [-0.2, -0.15) is 0 Å². The molecule has 128 valence electrons. The molecule has 1 N–H and O–H groups in total. The molecule has 3 aliphatic heterocycles. The minimum absolute atomic E-state index is 0. The normalized spacial score (nSPS) is 23.3. The van der Waals surface area contributed by atoms with E-state index in [2.05, 4.69) is 22.3 Å². The van der Waals surface area contributed by atoms with Crippen molar-refractivity contribution >= 4 is 12.4 Å². The summed E-state index contributed by atoms with van der Waals surface area (Å²) in [5, 5.41) is 3.49. The highest BCUT2D eigenvalue weighted by atomic mass is 35.5. The molecule has 0 amide bonds. The lowest BCUT2D eigenvalue weighted by atomic mass is 9.78. The smallest absolute Gasteiger partial charge is 0.165 e. The average molecular weight is 339 g/mol. The van der Waals surface area contributed by atoms with Gasteiger partial charge in [0.05, 0.1) is 13.2 Å². The van der Waals surface area contributed by atoms with E-state index in [-0.39, 0.29) is 12.4 Å². The van der Waals surface area contributed by atoms with E-state index in [0.29, 0.717) is 5.41 Å². The SMILES string of the molecule is Cl.c1cc(CN2CCC3(CCNCC3)C2)c2c(c1)OCCCO2. The van der Waals surface area contributed by atoms with Crippen LogP contribution in [0.2, 0.25) is 0 Å². The molecule has 3 aliphatic rings. The van der Waals surface area contributed by atoms with Crippen LogP contribution in [-0.2, 0) is 6.54 Å². The molecule has 4 nitrogen and oxygen atoms in total. The molecule has 3 heterocycles. The number of benzene rings is 1. The van der Waals surface area contributed by atoms with Gasteiger partial charge < -0.3 is 14.8 Å². The molecule has 4 rings (SSSR count). The van der Waals surface area contributed by atoms with Gasteiger partial charge in [-0.1, -0.05) is 12.1 Å². The number of hydrogen-bond acceptors (Lipinski definition) is 4. The molecule has 0 aromatic heterocycles. The fraction of sp³-hybridized carbons (Fsp3) is 0.667. The summed E-state index contributed by atoms with van der Waals surface area (Å²) >= 11 is 0. The molecule has 1 aromatic rings. The zero-order valence-corrected chi connectivity index (χ0v) is 14.5. The van der Waals surface area contributed by atoms with E-state index in [9.17, 15) is 0 Å². The van der Waals surface area contributed by atoms with Crippen LogP contribution in [0.1, 0.15) is 31.2 Å². The Balaban J connectivity index is 0.00000156. The quantitative estimate of drug-likeness (QED) is 0.899. The summed E-state index contributed by atoms with van der Waals surface area (Å²) in [5.74, 6) is 1.90. The molecule has 5 heteroatoms. The van der Waals surface area contributed by atoms with Gasteiger partial charge in [-0.3, -0.25) is 4.90 Å². The first-order chi connectivity index (χ1) is 10.8. The highest BCUT2D eigenvalue weighted by molar-refractivity contribution is 5.85. The van der Waals surface area contributed by atoms with Crippen LogP contribution in [0.4, 0.5) is 0 Å². The molecule has 0 atom stereocenters. The number of ether oxygens (including phenoxy) is 2. The van der Waals surface area contributed by atoms with Crippen LogP contribution in [0.15, 0.2) is 18.2 Å². The van der Waals surface area contributed by atoms with E-state index in [0.717, 1.165) is 37.7 Å². The third-order valence-electron chi connectivity index (χ3n) is 5.43. The van der Waals surface area contributed by atoms with Crippen molar-refractivity contribution in [2.75, 3.05) is 39.4 Å². The largest absolute Gasteiger partial charge is 0.490 e. The number of hydrogen-bond donors (Lipinski definition) is 1. The summed E-state index contributed by atoms with van der Waals surface area (Å²) in [6.07, 6.45) is 4.97. The molecule has 2 fully saturated rings. The van der Waals surface area contributed by atoms with Crippen molar-refractivity contribution in [1.82, 2.24) is 10.2 Å². The molecular weight excluding hydrogens is 312 g/mol. The standard InChI is InChI=1S/C18H26N2O2.ClH/c1-3-15(17-16(4-1)21-11-2-12-22-17)13-20-10-7-18(14-20)5-8-19-9-6-18;/h1,3-4,19H,2,5-14H2;1H. The van der Waals surface area contributed by atoms with Gasteiger partial charge in [-0.25, -0.2) is 0 Å². The summed E-state index contributed by atoms with van der Waals surface area (Å²) in [6, 6.07) is 6.32. The fourth-order valence-electron chi connectivity index (χ4n) is 4.15. The van der Waals surface area contributed by atoms with Crippen LogP contribution in [0.25, 0.3) is 0 Å². The topological polar surface area (TPSA) is 33.7 Å². The van der Waals surface area contributed by atoms with Gasteiger partial charge in [0, 0.05) is 25.1 Å². The van der Waals surface area contributed by atoms with Crippen LogP contribution in [-0.4, -0.2) is 44.3 Å². The van der Waals surface area contributed by atoms with Gasteiger partial charge in [-0.15, -0.1) is 12.4 Å². The Morgan fingerprint density at radius 1 is 1.09 bits per heavy atom. The van der Waals surface area contributed by atoms with Gasteiger partial charge in [0.25, 0.3) is 0 Å². The number of fused-ring (bicyclic) bond motifs is 1. The van der Waals surface area contributed by atoms with E-state index in [1.807, 2.05) is 6.07 Å². The molecule has 0 aliphatic carbocycles. The van der Waals surface area contributed by atoms with Gasteiger partial charge in [-0.05, 0) is 50.4 Å². The zero-order chi connectivity index (χ0) is 14.8. The maximum Gasteiger partial charge on any atom is 0.165 e. The highest BCUT2D eigenvalue weighted by Gasteiger charge is 2.38. The lowest BCUT2D eigenvalue weighted by Crippen LogP contribution is -2.38. The summed E-state index contributed by atoms with van der Waals surface area (Å²) in [4.78, 5) is 2.61. The Morgan fingerprint density at radius 3 is 2.78 bits per heavy atom. The fourth-order valence-corrected chi connectivity index (χ4v) is 4.15. The van der Waals surface area contributed by atoms with Gasteiger partial charge >= 0.3 is 0 Å². The average Bonchev–Trinajstić information content (AvgIpc) is 2.77. The Bertz CT molecular complexity index is 532. The first kappa shape index (κ1) is 16.9. The second-order valence-corrected chi connectivity index (χ2v) is 7.01. The van der Waals surface area contributed by atoms with E-state index in [1.54, 1.807) is 0 Å². The number of para-hydroxylation sites is 1. The van der Waals surface area contributed by atoms with Crippen LogP contribution < -0.4 is 14.8 Å². The summed E-state index contributed by atoms with van der Waals surface area (Å²) in [7, 11) is 0. The molecule has 0 saturated carbocycles. The summed E-state index contributed by atoms with van der Waals surface area (Å²) in [6.45, 7) is 7.33. The number of nitrogens with zero attached hydrogens (tertiary/aromatic N) is 1. The van der Waals surface area contributed by atoms with Crippen LogP contribution in [0, 0.1) is 5.41 Å². The maximum atomic E-state index is 5.97. The van der Waals surface area contributed by atoms with Crippen molar-refractivity contribution < 1.29 is 9.47 Å². The van der Waals surface area contributed by atoms with Crippen LogP contribution in [0.3, 0.4) is 0 Å². The van der Waals surface area contributed by atoms with Crippen molar-refractivity contribution in [3.8, 4) is 11.5 Å². The Kier molecular flexibility index (Phi) is 5.34. The monoisotopic (exact) mass is 338 g/mol. The van der Waals surface area contributed by atoms with E-state index in [4.69, 9.17) is 9.47 Å². The first-order valence-electron chi connectivity index (χ1n) is 8.65. The van der Waals surface area contributed by atoms with Crippen molar-refractivity contribution in [2.45, 2.75) is 32.2 Å². The van der Waals surface area contributed by atoms with E-state index in [1.165, 1.54) is 51.0 Å². The van der Waals surface area contributed by atoms with Crippen LogP contribution >= 0.6 is 12.4 Å². The molecule has 23 heavy (non-hydrogen) atoms. The van der Waals surface area contributed by atoms with Gasteiger partial charge in [0.15, 0.2) is 11.5 Å². The summed E-state index contributed by atoms with van der Waals surface area (Å²) in [5.41, 5.74) is 1.85. The third-order valence-corrected chi connectivity index (χ3v) is 5.43. The van der Waals surface area contributed by atoms with Crippen molar-refractivity contribution in [2.24, 2.45) is 5.41 Å². The second-order valence-electron chi connectivity index (χ2n) is 7.01. The van der Waals surface area contributed by atoms with Crippen molar-refractivity contribution in [1.29, 1.82) is 0 Å². The first-order valence-corrected chi connectivity index (χ1v) is 8.65. The number of halogens is 1. The maximum absolute atomic E-state index is 5.97. The highest BCUT2D eigenvalue weighted by Crippen LogP contribution is 2.40. The number of piperidine rings is 1. The molecule has 1 aromatic carbocycles. The van der Waals surface area contributed by atoms with Crippen LogP contribution in [0.5, 0.6) is 11.5 Å². The Morgan fingerprint density at radius 2 is 1.91 bits per heavy atom. The zero-order valence-electron chi connectivity index (χ0n) is 13.7. The van der Waals surface area contributed by atoms with Gasteiger partial charge in [0.2, 0.25) is 0 Å². The summed E-state index contributed by atoms with van der Waals surface area (Å²) < 4.78 is 11.8. The van der Waals surface area contributed by atoms with Gasteiger partial charge in [0.1, 0.15) is 0 Å². The lowest BCUT2D eigenvalue weighted by molar-refractivity contribution is 0.193. The Hall–Kier alpha value is -0.970. The Labute approximate surface area is 144 Å². The molecule has 1 spiro atoms. The lowest BCUT2D eigenvalue weighted by Gasteiger charge is -2.34. The number of nitrogens with one attached hydrogen (secondary N) is 1. The van der Waals surface area contributed by atoms with E-state index < -0.39 is 0 Å². The molecular formula is C18H27ClN2O2. The predicted octanol–water partition coefficient (Wildman–Crippen LogP) is 2.85. The van der Waals surface area contributed by atoms with Crippen molar-refractivity contribution in [3.63, 3.8) is 0 Å². The predicted molar refractivity (Wildman–Crippen MR) is 93.7 cm³/mol. The second kappa shape index (κ2) is 7.29. The minimum Gasteiger partial charge on any atom is -0.490 e. The number of rotatable bonds is 2. The van der Waals surface area contributed by atoms with E-state index >= 15 is 0 Å². The molecule has 0 unspecified atom stereocenters. The third kappa shape index (κ3) is 3.59. The number of likely N-dealkylation sites (tertiary alicyclic amines) is 1. The molecule has 0 bridgehead atoms. The molecule has 2 saturated heterocycles.